The van der Waals surface area contributed by atoms with E-state index in [9.17, 15) is 0 Å². The molecule has 0 spiro atoms. The topological polar surface area (TPSA) is 27.1 Å². The van der Waals surface area contributed by atoms with E-state index in [1.54, 1.807) is 18.0 Å². The lowest BCUT2D eigenvalue weighted by Crippen LogP contribution is -1.92. The van der Waals surface area contributed by atoms with Gasteiger partial charge in [-0.2, -0.15) is 5.10 Å². The summed E-state index contributed by atoms with van der Waals surface area (Å²) in [5.41, 5.74) is 1.05. The summed E-state index contributed by atoms with van der Waals surface area (Å²) < 4.78 is 6.76. The van der Waals surface area contributed by atoms with E-state index in [-0.39, 0.29) is 0 Å². The lowest BCUT2D eigenvalue weighted by molar-refractivity contribution is 0.410. The van der Waals surface area contributed by atoms with Gasteiger partial charge in [0.2, 0.25) is 0 Å². The van der Waals surface area contributed by atoms with Crippen molar-refractivity contribution in [3.05, 3.63) is 11.9 Å². The van der Waals surface area contributed by atoms with Crippen LogP contribution >= 0.6 is 0 Å². The molecule has 3 heteroatoms. The Hall–Kier alpha value is -0.990. The molecule has 1 aromatic rings. The van der Waals surface area contributed by atoms with Crippen molar-refractivity contribution >= 4 is 0 Å². The Bertz CT molecular complexity index is 206. The van der Waals surface area contributed by atoms with Crippen LogP contribution in [0.15, 0.2) is 6.20 Å². The van der Waals surface area contributed by atoms with Crippen LogP contribution in [0.3, 0.4) is 0 Å². The average molecular weight is 156 g/mol. The van der Waals surface area contributed by atoms with Crippen molar-refractivity contribution in [1.82, 2.24) is 9.78 Å². The lowest BCUT2D eigenvalue weighted by Gasteiger charge is -1.95. The molecule has 1 heterocycles. The number of nitrogens with zero attached hydrogens (tertiary/aromatic N) is 2. The van der Waals surface area contributed by atoms with Crippen molar-refractivity contribution in [3.8, 4) is 5.75 Å². The first-order chi connectivity index (χ1) is 5.25. The Balaban J connectivity index is 0.000000461. The molecular formula is C8H16N2O. The Morgan fingerprint density at radius 1 is 1.45 bits per heavy atom. The van der Waals surface area contributed by atoms with Gasteiger partial charge in [-0.25, -0.2) is 0 Å². The van der Waals surface area contributed by atoms with Crippen LogP contribution in [0.1, 0.15) is 19.5 Å². The van der Waals surface area contributed by atoms with E-state index in [0.717, 1.165) is 11.4 Å². The van der Waals surface area contributed by atoms with Crippen LogP contribution in [0, 0.1) is 6.92 Å². The van der Waals surface area contributed by atoms with Gasteiger partial charge in [-0.15, -0.1) is 0 Å². The number of hydrogen-bond acceptors (Lipinski definition) is 2. The van der Waals surface area contributed by atoms with Crippen LogP contribution in [-0.2, 0) is 7.05 Å². The van der Waals surface area contributed by atoms with Crippen molar-refractivity contribution in [2.75, 3.05) is 7.11 Å². The molecule has 0 saturated heterocycles. The highest BCUT2D eigenvalue weighted by molar-refractivity contribution is 5.22. The molecule has 3 nitrogen and oxygen atoms in total. The van der Waals surface area contributed by atoms with Gasteiger partial charge in [0.25, 0.3) is 0 Å². The molecule has 0 aliphatic carbocycles. The second-order valence-corrected chi connectivity index (χ2v) is 1.92. The van der Waals surface area contributed by atoms with Gasteiger partial charge in [-0.1, -0.05) is 13.8 Å². The minimum atomic E-state index is 0.845. The molecule has 0 aromatic carbocycles. The van der Waals surface area contributed by atoms with Crippen LogP contribution in [-0.4, -0.2) is 16.9 Å². The summed E-state index contributed by atoms with van der Waals surface area (Å²) >= 11 is 0. The van der Waals surface area contributed by atoms with Gasteiger partial charge >= 0.3 is 0 Å². The minimum Gasteiger partial charge on any atom is -0.493 e. The molecule has 0 N–H and O–H groups in total. The summed E-state index contributed by atoms with van der Waals surface area (Å²) in [6.45, 7) is 5.96. The first-order valence-electron chi connectivity index (χ1n) is 3.78. The molecular weight excluding hydrogens is 140 g/mol. The highest BCUT2D eigenvalue weighted by Gasteiger charge is 2.00. The van der Waals surface area contributed by atoms with Gasteiger partial charge in [0.1, 0.15) is 0 Å². The molecule has 64 valence electrons. The highest BCUT2D eigenvalue weighted by Crippen LogP contribution is 2.13. The maximum atomic E-state index is 4.98. The Morgan fingerprint density at radius 2 is 2.00 bits per heavy atom. The molecule has 0 unspecified atom stereocenters. The zero-order chi connectivity index (χ0) is 8.85. The average Bonchev–Trinajstić information content (AvgIpc) is 2.37. The molecule has 0 aliphatic rings. The fourth-order valence-electron chi connectivity index (χ4n) is 0.679. The highest BCUT2D eigenvalue weighted by atomic mass is 16.5. The third-order valence-corrected chi connectivity index (χ3v) is 1.41. The molecule has 0 amide bonds. The first kappa shape index (κ1) is 10.0. The maximum Gasteiger partial charge on any atom is 0.159 e. The maximum absolute atomic E-state index is 4.98. The summed E-state index contributed by atoms with van der Waals surface area (Å²) in [5.74, 6) is 0.845. The van der Waals surface area contributed by atoms with E-state index < -0.39 is 0 Å². The van der Waals surface area contributed by atoms with Crippen LogP contribution in [0.5, 0.6) is 5.75 Å². The quantitative estimate of drug-likeness (QED) is 0.619. The molecule has 1 aromatic heterocycles. The van der Waals surface area contributed by atoms with Crippen LogP contribution in [0.2, 0.25) is 0 Å². The van der Waals surface area contributed by atoms with Gasteiger partial charge in [-0.05, 0) is 6.92 Å². The molecule has 1 rings (SSSR count). The number of aromatic nitrogens is 2. The number of methoxy groups -OCH3 is 1. The first-order valence-corrected chi connectivity index (χ1v) is 3.78. The van der Waals surface area contributed by atoms with E-state index in [4.69, 9.17) is 4.74 Å². The molecule has 0 atom stereocenters. The largest absolute Gasteiger partial charge is 0.493 e. The van der Waals surface area contributed by atoms with E-state index in [2.05, 4.69) is 5.10 Å². The molecule has 0 bridgehead atoms. The molecule has 0 saturated carbocycles. The summed E-state index contributed by atoms with van der Waals surface area (Å²) in [6.07, 6.45) is 1.70. The van der Waals surface area contributed by atoms with E-state index >= 15 is 0 Å². The standard InChI is InChI=1S/C6H10N2O.C2H6/c1-5-6(9-3)4-7-8(5)2;1-2/h4H,1-3H3;1-2H3. The molecule has 0 radical (unpaired) electrons. The smallest absolute Gasteiger partial charge is 0.159 e. The Kier molecular flexibility index (Phi) is 4.34. The number of hydrogen-bond donors (Lipinski definition) is 0. The minimum absolute atomic E-state index is 0.845. The molecule has 0 fully saturated rings. The monoisotopic (exact) mass is 156 g/mol. The summed E-state index contributed by atoms with van der Waals surface area (Å²) in [5, 5.41) is 3.98. The molecule has 0 aliphatic heterocycles. The van der Waals surface area contributed by atoms with Crippen LogP contribution in [0.4, 0.5) is 0 Å². The lowest BCUT2D eigenvalue weighted by atomic mass is 10.4. The zero-order valence-electron chi connectivity index (χ0n) is 7.88. The van der Waals surface area contributed by atoms with Crippen molar-refractivity contribution < 1.29 is 4.74 Å². The van der Waals surface area contributed by atoms with Crippen molar-refractivity contribution in [1.29, 1.82) is 0 Å². The summed E-state index contributed by atoms with van der Waals surface area (Å²) in [7, 11) is 3.53. The van der Waals surface area contributed by atoms with Gasteiger partial charge < -0.3 is 4.74 Å². The van der Waals surface area contributed by atoms with E-state index in [1.807, 2.05) is 27.8 Å². The normalized spacial score (nSPS) is 8.45. The fraction of sp³-hybridized carbons (Fsp3) is 0.625. The SMILES string of the molecule is CC.COc1cnn(C)c1C. The van der Waals surface area contributed by atoms with Crippen LogP contribution < -0.4 is 4.74 Å². The van der Waals surface area contributed by atoms with Gasteiger partial charge in [0.15, 0.2) is 5.75 Å². The van der Waals surface area contributed by atoms with E-state index in [0.29, 0.717) is 0 Å². The Labute approximate surface area is 68.0 Å². The number of ether oxygens (including phenoxy) is 1. The Morgan fingerprint density at radius 3 is 2.18 bits per heavy atom. The summed E-state index contributed by atoms with van der Waals surface area (Å²) in [6, 6.07) is 0. The van der Waals surface area contributed by atoms with Gasteiger partial charge in [0, 0.05) is 7.05 Å². The third-order valence-electron chi connectivity index (χ3n) is 1.41. The van der Waals surface area contributed by atoms with Crippen molar-refractivity contribution in [2.24, 2.45) is 7.05 Å². The number of rotatable bonds is 1. The predicted molar refractivity (Wildman–Crippen MR) is 45.8 cm³/mol. The zero-order valence-corrected chi connectivity index (χ0v) is 7.88. The van der Waals surface area contributed by atoms with Crippen molar-refractivity contribution in [2.45, 2.75) is 20.8 Å². The number of aryl methyl sites for hydroxylation is 1. The summed E-state index contributed by atoms with van der Waals surface area (Å²) in [4.78, 5) is 0. The van der Waals surface area contributed by atoms with Gasteiger partial charge in [-0.3, -0.25) is 4.68 Å². The third kappa shape index (κ3) is 2.26. The molecule has 11 heavy (non-hydrogen) atoms. The fourth-order valence-corrected chi connectivity index (χ4v) is 0.679. The van der Waals surface area contributed by atoms with Crippen molar-refractivity contribution in [3.63, 3.8) is 0 Å². The van der Waals surface area contributed by atoms with Crippen LogP contribution in [0.25, 0.3) is 0 Å². The van der Waals surface area contributed by atoms with E-state index in [1.165, 1.54) is 0 Å². The second kappa shape index (κ2) is 4.77. The predicted octanol–water partition coefficient (Wildman–Crippen LogP) is 1.76. The second-order valence-electron chi connectivity index (χ2n) is 1.92. The van der Waals surface area contributed by atoms with Gasteiger partial charge in [0.05, 0.1) is 19.0 Å².